The van der Waals surface area contributed by atoms with E-state index in [1.54, 1.807) is 0 Å². The number of H-pyrrole nitrogens is 1. The number of hydrogen-bond acceptors (Lipinski definition) is 2. The topological polar surface area (TPSA) is 57.2 Å². The highest BCUT2D eigenvalue weighted by Crippen LogP contribution is 2.34. The summed E-state index contributed by atoms with van der Waals surface area (Å²) in [6.07, 6.45) is 0.992. The van der Waals surface area contributed by atoms with Crippen molar-refractivity contribution in [3.05, 3.63) is 94.1 Å². The standard InChI is InChI=1S/C25H22BrN3O/c1-3-17-9-11-18(12-10-17)16(2)28-29-25(30)24-23(19-7-5-4-6-8-19)21-15-20(26)13-14-22(21)27-24/h4-15,27H,3H2,1-2H3,(H,29,30)/b28-16-. The minimum atomic E-state index is -0.272. The van der Waals surface area contributed by atoms with Gasteiger partial charge in [0.2, 0.25) is 0 Å². The van der Waals surface area contributed by atoms with E-state index in [-0.39, 0.29) is 5.91 Å². The molecule has 4 nitrogen and oxygen atoms in total. The zero-order chi connectivity index (χ0) is 21.1. The summed E-state index contributed by atoms with van der Waals surface area (Å²) in [5, 5.41) is 5.32. The summed E-state index contributed by atoms with van der Waals surface area (Å²) in [6.45, 7) is 4.01. The normalized spacial score (nSPS) is 11.6. The van der Waals surface area contributed by atoms with Gasteiger partial charge in [-0.1, -0.05) is 77.5 Å². The number of carbonyl (C=O) groups excluding carboxylic acids is 1. The van der Waals surface area contributed by atoms with E-state index in [1.807, 2.05) is 67.6 Å². The molecule has 1 aromatic heterocycles. The van der Waals surface area contributed by atoms with Gasteiger partial charge in [0.15, 0.2) is 0 Å². The monoisotopic (exact) mass is 459 g/mol. The van der Waals surface area contributed by atoms with Crippen LogP contribution in [-0.4, -0.2) is 16.6 Å². The van der Waals surface area contributed by atoms with Gasteiger partial charge in [0.05, 0.1) is 5.71 Å². The molecule has 3 aromatic carbocycles. The molecule has 30 heavy (non-hydrogen) atoms. The molecule has 0 saturated heterocycles. The van der Waals surface area contributed by atoms with E-state index in [0.717, 1.165) is 44.2 Å². The molecule has 1 amide bonds. The van der Waals surface area contributed by atoms with Crippen molar-refractivity contribution in [2.75, 3.05) is 0 Å². The SMILES string of the molecule is CCc1ccc(/C(C)=N\NC(=O)c2[nH]c3ccc(Br)cc3c2-c2ccccc2)cc1. The van der Waals surface area contributed by atoms with Crippen LogP contribution in [0, 0.1) is 0 Å². The molecule has 0 aliphatic rings. The Bertz CT molecular complexity index is 1220. The minimum absolute atomic E-state index is 0.272. The molecular formula is C25H22BrN3O. The number of benzene rings is 3. The second-order valence-corrected chi connectivity index (χ2v) is 8.04. The molecule has 2 N–H and O–H groups in total. The first-order chi connectivity index (χ1) is 14.6. The number of nitrogens with zero attached hydrogens (tertiary/aromatic N) is 1. The first-order valence-electron chi connectivity index (χ1n) is 9.87. The fourth-order valence-electron chi connectivity index (χ4n) is 3.48. The van der Waals surface area contributed by atoms with Crippen LogP contribution >= 0.6 is 15.9 Å². The molecule has 5 heteroatoms. The molecule has 0 aliphatic heterocycles. The number of rotatable bonds is 5. The Kier molecular flexibility index (Phi) is 5.81. The smallest absolute Gasteiger partial charge is 0.288 e. The van der Waals surface area contributed by atoms with E-state index >= 15 is 0 Å². The second-order valence-electron chi connectivity index (χ2n) is 7.12. The summed E-state index contributed by atoms with van der Waals surface area (Å²) in [4.78, 5) is 16.3. The summed E-state index contributed by atoms with van der Waals surface area (Å²) >= 11 is 3.54. The lowest BCUT2D eigenvalue weighted by atomic mass is 10.0. The Morgan fingerprint density at radius 3 is 2.47 bits per heavy atom. The summed E-state index contributed by atoms with van der Waals surface area (Å²) in [5.74, 6) is -0.272. The van der Waals surface area contributed by atoms with Crippen LogP contribution in [0.5, 0.6) is 0 Å². The number of aromatic amines is 1. The van der Waals surface area contributed by atoms with E-state index in [2.05, 4.69) is 50.5 Å². The van der Waals surface area contributed by atoms with Crippen molar-refractivity contribution in [3.8, 4) is 11.1 Å². The fraction of sp³-hybridized carbons (Fsp3) is 0.120. The fourth-order valence-corrected chi connectivity index (χ4v) is 3.84. The van der Waals surface area contributed by atoms with Crippen molar-refractivity contribution < 1.29 is 4.79 Å². The third-order valence-corrected chi connectivity index (χ3v) is 5.65. The van der Waals surface area contributed by atoms with E-state index in [0.29, 0.717) is 5.69 Å². The zero-order valence-corrected chi connectivity index (χ0v) is 18.5. The number of hydrogen-bond donors (Lipinski definition) is 2. The molecule has 0 unspecified atom stereocenters. The van der Waals surface area contributed by atoms with Crippen LogP contribution in [0.15, 0.2) is 82.4 Å². The van der Waals surface area contributed by atoms with Crippen LogP contribution in [0.1, 0.15) is 35.5 Å². The molecule has 0 atom stereocenters. The van der Waals surface area contributed by atoms with E-state index < -0.39 is 0 Å². The van der Waals surface area contributed by atoms with E-state index in [4.69, 9.17) is 0 Å². The Morgan fingerprint density at radius 2 is 1.77 bits per heavy atom. The molecule has 4 rings (SSSR count). The quantitative estimate of drug-likeness (QED) is 0.266. The zero-order valence-electron chi connectivity index (χ0n) is 16.9. The lowest BCUT2D eigenvalue weighted by molar-refractivity contribution is 0.0951. The molecule has 0 radical (unpaired) electrons. The number of aromatic nitrogens is 1. The summed E-state index contributed by atoms with van der Waals surface area (Å²) < 4.78 is 0.961. The maximum absolute atomic E-state index is 13.1. The number of halogens is 1. The largest absolute Gasteiger partial charge is 0.350 e. The van der Waals surface area contributed by atoms with Gasteiger partial charge in [-0.25, -0.2) is 5.43 Å². The highest BCUT2D eigenvalue weighted by molar-refractivity contribution is 9.10. The summed E-state index contributed by atoms with van der Waals surface area (Å²) in [7, 11) is 0. The molecule has 150 valence electrons. The number of fused-ring (bicyclic) bond motifs is 1. The molecule has 4 aromatic rings. The summed E-state index contributed by atoms with van der Waals surface area (Å²) in [5.41, 5.74) is 8.96. The molecule has 0 saturated carbocycles. The Hall–Kier alpha value is -3.18. The third-order valence-electron chi connectivity index (χ3n) is 5.16. The summed E-state index contributed by atoms with van der Waals surface area (Å²) in [6, 6.07) is 24.1. The van der Waals surface area contributed by atoms with Crippen LogP contribution in [0.2, 0.25) is 0 Å². The lowest BCUT2D eigenvalue weighted by Crippen LogP contribution is -2.20. The predicted molar refractivity (Wildman–Crippen MR) is 127 cm³/mol. The van der Waals surface area contributed by atoms with Crippen LogP contribution in [0.25, 0.3) is 22.0 Å². The van der Waals surface area contributed by atoms with Gasteiger partial charge >= 0.3 is 0 Å². The van der Waals surface area contributed by atoms with Gasteiger partial charge in [-0.15, -0.1) is 0 Å². The molecule has 0 fully saturated rings. The average molecular weight is 460 g/mol. The van der Waals surface area contributed by atoms with Crippen molar-refractivity contribution in [2.24, 2.45) is 5.10 Å². The Balaban J connectivity index is 1.69. The van der Waals surface area contributed by atoms with Crippen molar-refractivity contribution in [3.63, 3.8) is 0 Å². The number of aryl methyl sites for hydroxylation is 1. The maximum atomic E-state index is 13.1. The van der Waals surface area contributed by atoms with Gasteiger partial charge in [-0.2, -0.15) is 5.10 Å². The number of amides is 1. The van der Waals surface area contributed by atoms with Gasteiger partial charge in [0.1, 0.15) is 5.69 Å². The van der Waals surface area contributed by atoms with Gasteiger partial charge in [0.25, 0.3) is 5.91 Å². The molecule has 0 bridgehead atoms. The van der Waals surface area contributed by atoms with Crippen LogP contribution in [0.3, 0.4) is 0 Å². The number of hydrazone groups is 1. The Labute approximate surface area is 184 Å². The van der Waals surface area contributed by atoms with Crippen molar-refractivity contribution in [1.82, 2.24) is 10.4 Å². The van der Waals surface area contributed by atoms with Gasteiger partial charge in [-0.05, 0) is 48.2 Å². The first kappa shape index (κ1) is 20.1. The van der Waals surface area contributed by atoms with E-state index in [9.17, 15) is 4.79 Å². The van der Waals surface area contributed by atoms with Crippen LogP contribution in [-0.2, 0) is 6.42 Å². The van der Waals surface area contributed by atoms with Crippen LogP contribution < -0.4 is 5.43 Å². The number of nitrogens with one attached hydrogen (secondary N) is 2. The minimum Gasteiger partial charge on any atom is -0.350 e. The molecule has 0 spiro atoms. The Morgan fingerprint density at radius 1 is 1.03 bits per heavy atom. The van der Waals surface area contributed by atoms with Crippen molar-refractivity contribution in [1.29, 1.82) is 0 Å². The van der Waals surface area contributed by atoms with Gasteiger partial charge in [0, 0.05) is 20.9 Å². The first-order valence-corrected chi connectivity index (χ1v) is 10.7. The predicted octanol–water partition coefficient (Wildman–Crippen LogP) is 6.31. The molecule has 1 heterocycles. The second kappa shape index (κ2) is 8.67. The van der Waals surface area contributed by atoms with Crippen LogP contribution in [0.4, 0.5) is 0 Å². The molecule has 0 aliphatic carbocycles. The lowest BCUT2D eigenvalue weighted by Gasteiger charge is -2.06. The third kappa shape index (κ3) is 4.07. The van der Waals surface area contributed by atoms with Crippen molar-refractivity contribution >= 4 is 38.5 Å². The average Bonchev–Trinajstić information content (AvgIpc) is 3.16. The van der Waals surface area contributed by atoms with Gasteiger partial charge < -0.3 is 4.98 Å². The maximum Gasteiger partial charge on any atom is 0.288 e. The molecular weight excluding hydrogens is 438 g/mol. The highest BCUT2D eigenvalue weighted by Gasteiger charge is 2.19. The van der Waals surface area contributed by atoms with Crippen molar-refractivity contribution in [2.45, 2.75) is 20.3 Å². The highest BCUT2D eigenvalue weighted by atomic mass is 79.9. The van der Waals surface area contributed by atoms with E-state index in [1.165, 1.54) is 5.56 Å². The van der Waals surface area contributed by atoms with Gasteiger partial charge in [-0.3, -0.25) is 4.79 Å². The number of carbonyl (C=O) groups is 1.